The van der Waals surface area contributed by atoms with E-state index in [-0.39, 0.29) is 18.7 Å². The number of amides is 3. The Bertz CT molecular complexity index is 1070. The van der Waals surface area contributed by atoms with E-state index in [1.807, 2.05) is 25.7 Å². The van der Waals surface area contributed by atoms with Crippen LogP contribution in [0, 0.1) is 10.1 Å². The minimum absolute atomic E-state index is 0.0518. The molecule has 1 saturated heterocycles. The van der Waals surface area contributed by atoms with Gasteiger partial charge in [-0.3, -0.25) is 14.9 Å². The molecule has 0 unspecified atom stereocenters. The van der Waals surface area contributed by atoms with Crippen molar-refractivity contribution in [2.24, 2.45) is 0 Å². The molecule has 0 bridgehead atoms. The second kappa shape index (κ2) is 12.2. The number of nitrogens with zero attached hydrogens (tertiary/aromatic N) is 4. The number of carbonyl (C=O) groups excluding carboxylic acids is 3. The molecule has 218 valence electrons. The standard InChI is InChI=1S/C27H42N4O8/c1-10-30(24(34)39-27(8,9)18-37-25(2,3)4)22(32)20-17-19(11-12-21(20)31(35)36)28-13-15-29(16-14-28)23(33)38-26(5,6)7/h11-12,17H,10,13-16,18H2,1-9H3. The average molecular weight is 551 g/mol. The number of carbonyl (C=O) groups is 3. The molecule has 1 aliphatic heterocycles. The maximum absolute atomic E-state index is 13.5. The van der Waals surface area contributed by atoms with Gasteiger partial charge in [0.2, 0.25) is 0 Å². The third-order valence-electron chi connectivity index (χ3n) is 5.70. The van der Waals surface area contributed by atoms with E-state index in [4.69, 9.17) is 14.2 Å². The zero-order chi connectivity index (χ0) is 29.8. The van der Waals surface area contributed by atoms with Gasteiger partial charge in [-0.2, -0.15) is 0 Å². The number of hydrogen-bond acceptors (Lipinski definition) is 9. The van der Waals surface area contributed by atoms with Crippen LogP contribution in [0.2, 0.25) is 0 Å². The lowest BCUT2D eigenvalue weighted by atomic mass is 10.1. The molecule has 3 amide bonds. The zero-order valence-electron chi connectivity index (χ0n) is 24.5. The summed E-state index contributed by atoms with van der Waals surface area (Å²) in [5, 5.41) is 11.8. The first-order chi connectivity index (χ1) is 17.8. The summed E-state index contributed by atoms with van der Waals surface area (Å²) in [5.74, 6) is -0.837. The van der Waals surface area contributed by atoms with Gasteiger partial charge < -0.3 is 24.0 Å². The van der Waals surface area contributed by atoms with Gasteiger partial charge >= 0.3 is 12.2 Å². The van der Waals surface area contributed by atoms with Gasteiger partial charge in [-0.05, 0) is 74.4 Å². The number of hydrogen-bond donors (Lipinski definition) is 0. The molecule has 1 heterocycles. The molecule has 1 aromatic rings. The molecule has 2 rings (SSSR count). The summed E-state index contributed by atoms with van der Waals surface area (Å²) in [6.45, 7) is 17.6. The van der Waals surface area contributed by atoms with Crippen LogP contribution < -0.4 is 4.90 Å². The van der Waals surface area contributed by atoms with E-state index in [2.05, 4.69) is 0 Å². The molecule has 12 heteroatoms. The second-order valence-electron chi connectivity index (χ2n) is 12.0. The van der Waals surface area contributed by atoms with Crippen LogP contribution in [-0.4, -0.2) is 89.0 Å². The van der Waals surface area contributed by atoms with Gasteiger partial charge in [0.05, 0.1) is 17.1 Å². The average Bonchev–Trinajstić information content (AvgIpc) is 2.81. The highest BCUT2D eigenvalue weighted by Gasteiger charge is 2.34. The van der Waals surface area contributed by atoms with E-state index in [1.54, 1.807) is 52.5 Å². The van der Waals surface area contributed by atoms with Crippen LogP contribution in [-0.2, 0) is 14.2 Å². The molecule has 0 atom stereocenters. The first-order valence-electron chi connectivity index (χ1n) is 13.0. The van der Waals surface area contributed by atoms with Crippen molar-refractivity contribution in [2.45, 2.75) is 79.1 Å². The Balaban J connectivity index is 2.22. The summed E-state index contributed by atoms with van der Waals surface area (Å²) in [4.78, 5) is 54.3. The molecule has 1 fully saturated rings. The SMILES string of the molecule is CCN(C(=O)OC(C)(C)COC(C)(C)C)C(=O)c1cc(N2CCN(C(=O)OC(C)(C)C)CC2)ccc1[N+](=O)[O-]. The van der Waals surface area contributed by atoms with Gasteiger partial charge in [0, 0.05) is 44.5 Å². The highest BCUT2D eigenvalue weighted by Crippen LogP contribution is 2.28. The zero-order valence-corrected chi connectivity index (χ0v) is 24.5. The van der Waals surface area contributed by atoms with Gasteiger partial charge in [-0.1, -0.05) is 0 Å². The minimum Gasteiger partial charge on any atom is -0.444 e. The van der Waals surface area contributed by atoms with Crippen molar-refractivity contribution in [3.8, 4) is 0 Å². The first-order valence-corrected chi connectivity index (χ1v) is 13.0. The number of nitro benzene ring substituents is 1. The summed E-state index contributed by atoms with van der Waals surface area (Å²) in [6.07, 6.45) is -1.33. The van der Waals surface area contributed by atoms with E-state index in [0.717, 1.165) is 4.90 Å². The normalized spacial score (nSPS) is 14.6. The largest absolute Gasteiger partial charge is 0.444 e. The maximum Gasteiger partial charge on any atom is 0.417 e. The van der Waals surface area contributed by atoms with Crippen molar-refractivity contribution in [3.05, 3.63) is 33.9 Å². The van der Waals surface area contributed by atoms with Crippen LogP contribution in [0.1, 0.15) is 72.7 Å². The second-order valence-corrected chi connectivity index (χ2v) is 12.0. The summed E-state index contributed by atoms with van der Waals surface area (Å²) in [5.41, 5.74) is -2.19. The molecule has 39 heavy (non-hydrogen) atoms. The Kier molecular flexibility index (Phi) is 9.94. The van der Waals surface area contributed by atoms with Crippen LogP contribution in [0.5, 0.6) is 0 Å². The van der Waals surface area contributed by atoms with Crippen molar-refractivity contribution >= 4 is 29.5 Å². The van der Waals surface area contributed by atoms with Gasteiger partial charge in [0.15, 0.2) is 0 Å². The fourth-order valence-corrected chi connectivity index (χ4v) is 3.74. The van der Waals surface area contributed by atoms with E-state index in [9.17, 15) is 24.5 Å². The maximum atomic E-state index is 13.5. The topological polar surface area (TPSA) is 132 Å². The van der Waals surface area contributed by atoms with Crippen molar-refractivity contribution in [1.29, 1.82) is 0 Å². The van der Waals surface area contributed by atoms with E-state index in [1.165, 1.54) is 12.1 Å². The Labute approximate surface area is 230 Å². The van der Waals surface area contributed by atoms with Crippen LogP contribution in [0.3, 0.4) is 0 Å². The molecular weight excluding hydrogens is 508 g/mol. The lowest BCUT2D eigenvalue weighted by Gasteiger charge is -2.36. The summed E-state index contributed by atoms with van der Waals surface area (Å²) in [6, 6.07) is 4.22. The predicted octanol–water partition coefficient (Wildman–Crippen LogP) is 4.84. The molecule has 0 N–H and O–H groups in total. The first kappa shape index (κ1) is 31.8. The molecule has 1 aromatic carbocycles. The fraction of sp³-hybridized carbons (Fsp3) is 0.667. The molecule has 0 aromatic heterocycles. The molecule has 1 aliphatic rings. The summed E-state index contributed by atoms with van der Waals surface area (Å²) >= 11 is 0. The van der Waals surface area contributed by atoms with Crippen molar-refractivity contribution < 1.29 is 33.5 Å². The van der Waals surface area contributed by atoms with Gasteiger partial charge in [0.25, 0.3) is 11.6 Å². The minimum atomic E-state index is -1.04. The lowest BCUT2D eigenvalue weighted by molar-refractivity contribution is -0.385. The van der Waals surface area contributed by atoms with Crippen LogP contribution in [0.15, 0.2) is 18.2 Å². The molecule has 0 aliphatic carbocycles. The van der Waals surface area contributed by atoms with E-state index >= 15 is 0 Å². The van der Waals surface area contributed by atoms with Crippen LogP contribution in [0.25, 0.3) is 0 Å². The smallest absolute Gasteiger partial charge is 0.417 e. The Hall–Kier alpha value is -3.41. The summed E-state index contributed by atoms with van der Waals surface area (Å²) < 4.78 is 16.7. The number of nitro groups is 1. The van der Waals surface area contributed by atoms with Crippen LogP contribution in [0.4, 0.5) is 21.0 Å². The van der Waals surface area contributed by atoms with Crippen molar-refractivity contribution in [3.63, 3.8) is 0 Å². The van der Waals surface area contributed by atoms with Gasteiger partial charge in [0.1, 0.15) is 16.8 Å². The predicted molar refractivity (Wildman–Crippen MR) is 146 cm³/mol. The Morgan fingerprint density at radius 1 is 0.949 bits per heavy atom. The summed E-state index contributed by atoms with van der Waals surface area (Å²) in [7, 11) is 0. The van der Waals surface area contributed by atoms with Gasteiger partial charge in [-0.15, -0.1) is 0 Å². The number of ether oxygens (including phenoxy) is 3. The third kappa shape index (κ3) is 9.38. The highest BCUT2D eigenvalue weighted by molar-refractivity contribution is 6.06. The number of anilines is 1. The van der Waals surface area contributed by atoms with Crippen LogP contribution >= 0.6 is 0 Å². The Morgan fingerprint density at radius 3 is 2.03 bits per heavy atom. The molecule has 0 radical (unpaired) electrons. The molecule has 0 saturated carbocycles. The highest BCUT2D eigenvalue weighted by atomic mass is 16.6. The monoisotopic (exact) mass is 550 g/mol. The Morgan fingerprint density at radius 2 is 1.54 bits per heavy atom. The van der Waals surface area contributed by atoms with E-state index in [0.29, 0.717) is 31.9 Å². The molecule has 12 nitrogen and oxygen atoms in total. The molecule has 0 spiro atoms. The fourth-order valence-electron chi connectivity index (χ4n) is 3.74. The number of piperazine rings is 1. The number of benzene rings is 1. The van der Waals surface area contributed by atoms with Crippen molar-refractivity contribution in [2.75, 3.05) is 44.2 Å². The van der Waals surface area contributed by atoms with Gasteiger partial charge in [-0.25, -0.2) is 14.5 Å². The molecular formula is C27H42N4O8. The number of imide groups is 1. The van der Waals surface area contributed by atoms with Crippen molar-refractivity contribution in [1.82, 2.24) is 9.80 Å². The van der Waals surface area contributed by atoms with E-state index < -0.39 is 45.5 Å². The lowest BCUT2D eigenvalue weighted by Crippen LogP contribution is -2.50. The number of rotatable bonds is 7. The quantitative estimate of drug-likeness (QED) is 0.345. The third-order valence-corrected chi connectivity index (χ3v) is 5.70.